The lowest BCUT2D eigenvalue weighted by atomic mass is 10.1. The molecule has 2 aromatic rings. The van der Waals surface area contributed by atoms with Crippen molar-refractivity contribution in [3.63, 3.8) is 0 Å². The number of hydrogen-bond donors (Lipinski definition) is 1. The van der Waals surface area contributed by atoms with Crippen LogP contribution in [0.3, 0.4) is 0 Å². The van der Waals surface area contributed by atoms with E-state index in [0.717, 1.165) is 11.1 Å². The molecule has 1 unspecified atom stereocenters. The molecule has 4 heteroatoms. The summed E-state index contributed by atoms with van der Waals surface area (Å²) in [6.07, 6.45) is 0.830. The van der Waals surface area contributed by atoms with Gasteiger partial charge in [-0.15, -0.1) is 0 Å². The van der Waals surface area contributed by atoms with Gasteiger partial charge in [-0.2, -0.15) is 0 Å². The van der Waals surface area contributed by atoms with E-state index in [-0.39, 0.29) is 12.4 Å². The molecule has 0 heterocycles. The summed E-state index contributed by atoms with van der Waals surface area (Å²) in [6, 6.07) is 14.3. The number of aromatic hydroxyl groups is 1. The van der Waals surface area contributed by atoms with Gasteiger partial charge in [0, 0.05) is 0 Å². The third-order valence-corrected chi connectivity index (χ3v) is 3.04. The molecule has 22 heavy (non-hydrogen) atoms. The Morgan fingerprint density at radius 2 is 1.68 bits per heavy atom. The molecule has 0 spiro atoms. The van der Waals surface area contributed by atoms with Crippen LogP contribution < -0.4 is 4.74 Å². The number of hydrogen-bond acceptors (Lipinski definition) is 4. The van der Waals surface area contributed by atoms with Crippen molar-refractivity contribution in [3.8, 4) is 22.6 Å². The molecule has 0 saturated carbocycles. The molecule has 0 amide bonds. The number of carbonyl (C=O) groups is 1. The molecule has 0 fully saturated rings. The predicted octanol–water partition coefficient (Wildman–Crippen LogP) is 3.56. The van der Waals surface area contributed by atoms with Gasteiger partial charge >= 0.3 is 5.97 Å². The van der Waals surface area contributed by atoms with Gasteiger partial charge in [-0.3, -0.25) is 0 Å². The molecule has 2 aromatic carbocycles. The number of esters is 1. The zero-order valence-electron chi connectivity index (χ0n) is 12.4. The molecule has 0 bridgehead atoms. The van der Waals surface area contributed by atoms with Crippen LogP contribution in [0.5, 0.6) is 11.5 Å². The maximum absolute atomic E-state index is 11.6. The minimum atomic E-state index is -0.681. The SMILES string of the molecule is C=CCOC(=O)C(C)Oc1ccc(-c2ccc(O)cc2)cc1. The third-order valence-electron chi connectivity index (χ3n) is 3.04. The fourth-order valence-electron chi connectivity index (χ4n) is 1.89. The van der Waals surface area contributed by atoms with Gasteiger partial charge in [-0.05, 0) is 42.3 Å². The summed E-state index contributed by atoms with van der Waals surface area (Å²) in [5, 5.41) is 9.29. The smallest absolute Gasteiger partial charge is 0.347 e. The minimum absolute atomic E-state index is 0.173. The van der Waals surface area contributed by atoms with E-state index in [4.69, 9.17) is 9.47 Å². The molecule has 0 aromatic heterocycles. The van der Waals surface area contributed by atoms with E-state index in [1.54, 1.807) is 31.2 Å². The number of phenolic OH excluding ortho intramolecular Hbond substituents is 1. The second-order valence-electron chi connectivity index (χ2n) is 4.75. The summed E-state index contributed by atoms with van der Waals surface area (Å²) >= 11 is 0. The molecule has 0 aliphatic carbocycles. The second kappa shape index (κ2) is 7.31. The molecule has 4 nitrogen and oxygen atoms in total. The molecule has 114 valence electrons. The average molecular weight is 298 g/mol. The van der Waals surface area contributed by atoms with Crippen LogP contribution >= 0.6 is 0 Å². The Balaban J connectivity index is 2.01. The van der Waals surface area contributed by atoms with Crippen LogP contribution in [0, 0.1) is 0 Å². The molecule has 1 N–H and O–H groups in total. The molecule has 1 atom stereocenters. The average Bonchev–Trinajstić information content (AvgIpc) is 2.54. The molecular formula is C18H18O4. The topological polar surface area (TPSA) is 55.8 Å². The third kappa shape index (κ3) is 4.12. The fraction of sp³-hybridized carbons (Fsp3) is 0.167. The van der Waals surface area contributed by atoms with Crippen molar-refractivity contribution in [1.82, 2.24) is 0 Å². The number of phenols is 1. The van der Waals surface area contributed by atoms with Crippen molar-refractivity contribution in [2.24, 2.45) is 0 Å². The minimum Gasteiger partial charge on any atom is -0.508 e. The highest BCUT2D eigenvalue weighted by molar-refractivity contribution is 5.74. The summed E-state index contributed by atoms with van der Waals surface area (Å²) in [5.74, 6) is 0.392. The first-order chi connectivity index (χ1) is 10.6. The van der Waals surface area contributed by atoms with E-state index in [2.05, 4.69) is 6.58 Å². The molecule has 0 saturated heterocycles. The van der Waals surface area contributed by atoms with E-state index >= 15 is 0 Å². The van der Waals surface area contributed by atoms with E-state index in [9.17, 15) is 9.90 Å². The first kappa shape index (κ1) is 15.6. The lowest BCUT2D eigenvalue weighted by Gasteiger charge is -2.13. The van der Waals surface area contributed by atoms with Crippen molar-refractivity contribution in [3.05, 3.63) is 61.2 Å². The van der Waals surface area contributed by atoms with Crippen molar-refractivity contribution in [2.75, 3.05) is 6.61 Å². The maximum atomic E-state index is 11.6. The van der Waals surface area contributed by atoms with Gasteiger partial charge in [0.1, 0.15) is 18.1 Å². The van der Waals surface area contributed by atoms with Gasteiger partial charge in [0.25, 0.3) is 0 Å². The van der Waals surface area contributed by atoms with Gasteiger partial charge in [0.2, 0.25) is 0 Å². The standard InChI is InChI=1S/C18H18O4/c1-3-12-21-18(20)13(2)22-17-10-6-15(7-11-17)14-4-8-16(19)9-5-14/h3-11,13,19H,1,12H2,2H3. The van der Waals surface area contributed by atoms with Crippen molar-refractivity contribution in [1.29, 1.82) is 0 Å². The molecule has 2 rings (SSSR count). The van der Waals surface area contributed by atoms with Crippen LogP contribution in [0.15, 0.2) is 61.2 Å². The number of carbonyl (C=O) groups excluding carboxylic acids is 1. The Hall–Kier alpha value is -2.75. The number of ether oxygens (including phenoxy) is 2. The Bertz CT molecular complexity index is 629. The van der Waals surface area contributed by atoms with Crippen LogP contribution in [0.4, 0.5) is 0 Å². The molecule has 0 aliphatic heterocycles. The monoisotopic (exact) mass is 298 g/mol. The summed E-state index contributed by atoms with van der Waals surface area (Å²) in [5.41, 5.74) is 1.98. The largest absolute Gasteiger partial charge is 0.508 e. The van der Waals surface area contributed by atoms with Crippen molar-refractivity contribution >= 4 is 5.97 Å². The van der Waals surface area contributed by atoms with Crippen LogP contribution in [0.25, 0.3) is 11.1 Å². The van der Waals surface area contributed by atoms with E-state index < -0.39 is 12.1 Å². The summed E-state index contributed by atoms with van der Waals surface area (Å²) in [6.45, 7) is 5.30. The first-order valence-corrected chi connectivity index (χ1v) is 6.94. The first-order valence-electron chi connectivity index (χ1n) is 6.94. The van der Waals surface area contributed by atoms with Crippen molar-refractivity contribution < 1.29 is 19.4 Å². The van der Waals surface area contributed by atoms with Gasteiger partial charge in [-0.25, -0.2) is 4.79 Å². The Morgan fingerprint density at radius 3 is 2.23 bits per heavy atom. The quantitative estimate of drug-likeness (QED) is 0.654. The lowest BCUT2D eigenvalue weighted by Crippen LogP contribution is -2.26. The highest BCUT2D eigenvalue weighted by Crippen LogP contribution is 2.24. The Kier molecular flexibility index (Phi) is 5.20. The zero-order chi connectivity index (χ0) is 15.9. The van der Waals surface area contributed by atoms with Crippen LogP contribution in [0.1, 0.15) is 6.92 Å². The predicted molar refractivity (Wildman–Crippen MR) is 84.8 cm³/mol. The van der Waals surface area contributed by atoms with Crippen molar-refractivity contribution in [2.45, 2.75) is 13.0 Å². The highest BCUT2D eigenvalue weighted by atomic mass is 16.6. The summed E-state index contributed by atoms with van der Waals surface area (Å²) < 4.78 is 10.5. The van der Waals surface area contributed by atoms with Gasteiger partial charge in [0.05, 0.1) is 0 Å². The molecule has 0 radical (unpaired) electrons. The van der Waals surface area contributed by atoms with E-state index in [1.807, 2.05) is 24.3 Å². The number of rotatable bonds is 6. The van der Waals surface area contributed by atoms with Gasteiger partial charge < -0.3 is 14.6 Å². The lowest BCUT2D eigenvalue weighted by molar-refractivity contribution is -0.149. The Labute approximate surface area is 129 Å². The maximum Gasteiger partial charge on any atom is 0.347 e. The second-order valence-corrected chi connectivity index (χ2v) is 4.75. The molecule has 0 aliphatic rings. The normalized spacial score (nSPS) is 11.5. The summed E-state index contributed by atoms with van der Waals surface area (Å²) in [4.78, 5) is 11.6. The van der Waals surface area contributed by atoms with E-state index in [0.29, 0.717) is 5.75 Å². The van der Waals surface area contributed by atoms with Gasteiger partial charge in [-0.1, -0.05) is 36.9 Å². The fourth-order valence-corrected chi connectivity index (χ4v) is 1.89. The summed E-state index contributed by atoms with van der Waals surface area (Å²) in [7, 11) is 0. The van der Waals surface area contributed by atoms with Crippen LogP contribution in [-0.4, -0.2) is 23.8 Å². The van der Waals surface area contributed by atoms with E-state index in [1.165, 1.54) is 6.08 Å². The Morgan fingerprint density at radius 1 is 1.14 bits per heavy atom. The molecular weight excluding hydrogens is 280 g/mol. The zero-order valence-corrected chi connectivity index (χ0v) is 12.4. The number of benzene rings is 2. The van der Waals surface area contributed by atoms with Crippen LogP contribution in [-0.2, 0) is 9.53 Å². The highest BCUT2D eigenvalue weighted by Gasteiger charge is 2.15. The van der Waals surface area contributed by atoms with Crippen LogP contribution in [0.2, 0.25) is 0 Å². The van der Waals surface area contributed by atoms with Gasteiger partial charge in [0.15, 0.2) is 6.10 Å².